The quantitative estimate of drug-likeness (QED) is 0.767. The Labute approximate surface area is 88.0 Å². The van der Waals surface area contributed by atoms with Crippen LogP contribution in [0.1, 0.15) is 36.8 Å². The lowest BCUT2D eigenvalue weighted by molar-refractivity contribution is 0.833. The third kappa shape index (κ3) is 1.46. The second-order valence-electron chi connectivity index (χ2n) is 3.86. The molecule has 0 unspecified atom stereocenters. The highest BCUT2D eigenvalue weighted by Crippen LogP contribution is 2.24. The van der Waals surface area contributed by atoms with Gasteiger partial charge in [0, 0.05) is 5.69 Å². The normalized spacial score (nSPS) is 10.9. The summed E-state index contributed by atoms with van der Waals surface area (Å²) < 4.78 is 0. The maximum atomic E-state index is 9.11. The van der Waals surface area contributed by atoms with Crippen LogP contribution < -0.4 is 0 Å². The molecule has 1 N–H and O–H groups in total. The van der Waals surface area contributed by atoms with Gasteiger partial charge in [-0.2, -0.15) is 5.26 Å². The fraction of sp³-hybridized carbons (Fsp3) is 0.364. The number of hydrogen-bond donors (Lipinski definition) is 1. The number of H-pyrrole nitrogens is 1. The number of aromatic nitrogens is 3. The van der Waals surface area contributed by atoms with Crippen LogP contribution in [0.2, 0.25) is 0 Å². The molecule has 0 radical (unpaired) electrons. The molecule has 2 rings (SSSR count). The van der Waals surface area contributed by atoms with Gasteiger partial charge in [0.05, 0.1) is 17.3 Å². The summed E-state index contributed by atoms with van der Waals surface area (Å²) in [6.07, 6.45) is 1.73. The van der Waals surface area contributed by atoms with Crippen LogP contribution in [0.15, 0.2) is 6.20 Å². The van der Waals surface area contributed by atoms with Crippen molar-refractivity contribution >= 4 is 11.0 Å². The highest BCUT2D eigenvalue weighted by atomic mass is 14.9. The maximum Gasteiger partial charge on any atom is 0.126 e. The van der Waals surface area contributed by atoms with E-state index in [0.29, 0.717) is 11.4 Å². The molecule has 0 saturated carbocycles. The van der Waals surface area contributed by atoms with Crippen molar-refractivity contribution in [3.63, 3.8) is 0 Å². The van der Waals surface area contributed by atoms with Gasteiger partial charge in [-0.25, -0.2) is 9.97 Å². The first-order chi connectivity index (χ1) is 7.13. The van der Waals surface area contributed by atoms with E-state index in [0.717, 1.165) is 16.7 Å². The van der Waals surface area contributed by atoms with Crippen molar-refractivity contribution in [2.45, 2.75) is 26.7 Å². The van der Waals surface area contributed by atoms with E-state index in [4.69, 9.17) is 5.26 Å². The van der Waals surface area contributed by atoms with Crippen molar-refractivity contribution in [3.8, 4) is 6.07 Å². The number of aryl methyl sites for hydroxylation is 1. The lowest BCUT2D eigenvalue weighted by Crippen LogP contribution is -1.90. The summed E-state index contributed by atoms with van der Waals surface area (Å²) in [7, 11) is 0. The topological polar surface area (TPSA) is 65.4 Å². The van der Waals surface area contributed by atoms with Gasteiger partial charge in [-0.15, -0.1) is 0 Å². The Morgan fingerprint density at radius 1 is 1.47 bits per heavy atom. The lowest BCUT2D eigenvalue weighted by Gasteiger charge is -2.00. The van der Waals surface area contributed by atoms with Gasteiger partial charge in [0.1, 0.15) is 17.4 Å². The molecule has 0 aliphatic rings. The second kappa shape index (κ2) is 3.35. The maximum absolute atomic E-state index is 9.11. The SMILES string of the molecule is Cc1ncc2[nH]c(C(C)C)c(C#N)c2n1. The Morgan fingerprint density at radius 3 is 2.80 bits per heavy atom. The largest absolute Gasteiger partial charge is 0.354 e. The van der Waals surface area contributed by atoms with E-state index >= 15 is 0 Å². The minimum Gasteiger partial charge on any atom is -0.354 e. The Hall–Kier alpha value is -1.89. The predicted molar refractivity (Wildman–Crippen MR) is 57.4 cm³/mol. The average Bonchev–Trinajstić information content (AvgIpc) is 2.55. The number of fused-ring (bicyclic) bond motifs is 1. The summed E-state index contributed by atoms with van der Waals surface area (Å²) >= 11 is 0. The van der Waals surface area contributed by atoms with Crippen LogP contribution in [0.25, 0.3) is 11.0 Å². The van der Waals surface area contributed by atoms with Crippen molar-refractivity contribution < 1.29 is 0 Å². The fourth-order valence-corrected chi connectivity index (χ4v) is 1.63. The molecule has 0 amide bonds. The molecule has 76 valence electrons. The van der Waals surface area contributed by atoms with E-state index in [-0.39, 0.29) is 5.92 Å². The summed E-state index contributed by atoms with van der Waals surface area (Å²) in [5.41, 5.74) is 3.15. The molecule has 0 spiro atoms. The van der Waals surface area contributed by atoms with Crippen LogP contribution in [0.5, 0.6) is 0 Å². The van der Waals surface area contributed by atoms with Crippen molar-refractivity contribution in [1.29, 1.82) is 5.26 Å². The van der Waals surface area contributed by atoms with Crippen LogP contribution in [0.4, 0.5) is 0 Å². The molecule has 4 heteroatoms. The van der Waals surface area contributed by atoms with Crippen molar-refractivity contribution in [3.05, 3.63) is 23.3 Å². The van der Waals surface area contributed by atoms with E-state index in [1.165, 1.54) is 0 Å². The molecule has 2 aromatic heterocycles. The zero-order chi connectivity index (χ0) is 11.0. The molecule has 0 bridgehead atoms. The zero-order valence-corrected chi connectivity index (χ0v) is 9.00. The Kier molecular flexibility index (Phi) is 2.16. The highest BCUT2D eigenvalue weighted by Gasteiger charge is 2.15. The first kappa shape index (κ1) is 9.66. The van der Waals surface area contributed by atoms with E-state index in [9.17, 15) is 0 Å². The molecular weight excluding hydrogens is 188 g/mol. The predicted octanol–water partition coefficient (Wildman–Crippen LogP) is 2.26. The Balaban J connectivity index is 2.81. The summed E-state index contributed by atoms with van der Waals surface area (Å²) in [4.78, 5) is 11.6. The van der Waals surface area contributed by atoms with E-state index in [2.05, 4.69) is 21.0 Å². The molecule has 4 nitrogen and oxygen atoms in total. The molecule has 0 aromatic carbocycles. The van der Waals surface area contributed by atoms with Crippen LogP contribution in [-0.2, 0) is 0 Å². The summed E-state index contributed by atoms with van der Waals surface area (Å²) in [5, 5.41) is 9.11. The van der Waals surface area contributed by atoms with Crippen molar-refractivity contribution in [2.24, 2.45) is 0 Å². The summed E-state index contributed by atoms with van der Waals surface area (Å²) in [6, 6.07) is 2.21. The molecule has 0 aliphatic heterocycles. The monoisotopic (exact) mass is 200 g/mol. The third-order valence-corrected chi connectivity index (χ3v) is 2.37. The number of nitriles is 1. The van der Waals surface area contributed by atoms with E-state index < -0.39 is 0 Å². The number of nitrogens with one attached hydrogen (secondary N) is 1. The van der Waals surface area contributed by atoms with Gasteiger partial charge in [-0.05, 0) is 12.8 Å². The second-order valence-corrected chi connectivity index (χ2v) is 3.86. The molecule has 2 aromatic rings. The minimum atomic E-state index is 0.286. The summed E-state index contributed by atoms with van der Waals surface area (Å²) in [6.45, 7) is 5.92. The molecule has 2 heterocycles. The summed E-state index contributed by atoms with van der Waals surface area (Å²) in [5.74, 6) is 0.975. The zero-order valence-electron chi connectivity index (χ0n) is 9.00. The number of hydrogen-bond acceptors (Lipinski definition) is 3. The standard InChI is InChI=1S/C11H12N4/c1-6(2)10-8(4-12)11-9(15-10)5-13-7(3)14-11/h5-6,15H,1-3H3. The Morgan fingerprint density at radius 2 is 2.20 bits per heavy atom. The Bertz CT molecular complexity index is 545. The molecule has 0 fully saturated rings. The number of nitrogens with zero attached hydrogens (tertiary/aromatic N) is 3. The molecule has 0 aliphatic carbocycles. The van der Waals surface area contributed by atoms with Crippen LogP contribution in [-0.4, -0.2) is 15.0 Å². The third-order valence-electron chi connectivity index (χ3n) is 2.37. The van der Waals surface area contributed by atoms with Gasteiger partial charge in [-0.1, -0.05) is 13.8 Å². The molecule has 15 heavy (non-hydrogen) atoms. The van der Waals surface area contributed by atoms with E-state index in [1.54, 1.807) is 6.20 Å². The van der Waals surface area contributed by atoms with Crippen molar-refractivity contribution in [2.75, 3.05) is 0 Å². The van der Waals surface area contributed by atoms with Gasteiger partial charge < -0.3 is 4.98 Å². The van der Waals surface area contributed by atoms with E-state index in [1.807, 2.05) is 20.8 Å². The van der Waals surface area contributed by atoms with Gasteiger partial charge >= 0.3 is 0 Å². The van der Waals surface area contributed by atoms with Crippen LogP contribution >= 0.6 is 0 Å². The molecule has 0 atom stereocenters. The first-order valence-electron chi connectivity index (χ1n) is 4.88. The molecule has 0 saturated heterocycles. The highest BCUT2D eigenvalue weighted by molar-refractivity contribution is 5.82. The first-order valence-corrected chi connectivity index (χ1v) is 4.88. The number of aromatic amines is 1. The van der Waals surface area contributed by atoms with Gasteiger partial charge in [0.2, 0.25) is 0 Å². The van der Waals surface area contributed by atoms with Crippen LogP contribution in [0.3, 0.4) is 0 Å². The van der Waals surface area contributed by atoms with Gasteiger partial charge in [0.15, 0.2) is 0 Å². The minimum absolute atomic E-state index is 0.286. The molecular formula is C11H12N4. The van der Waals surface area contributed by atoms with Crippen molar-refractivity contribution in [1.82, 2.24) is 15.0 Å². The fourth-order valence-electron chi connectivity index (χ4n) is 1.63. The smallest absolute Gasteiger partial charge is 0.126 e. The van der Waals surface area contributed by atoms with Crippen LogP contribution in [0, 0.1) is 18.3 Å². The van der Waals surface area contributed by atoms with Gasteiger partial charge in [0.25, 0.3) is 0 Å². The van der Waals surface area contributed by atoms with Gasteiger partial charge in [-0.3, -0.25) is 0 Å². The lowest BCUT2D eigenvalue weighted by atomic mass is 10.1. The average molecular weight is 200 g/mol. The number of rotatable bonds is 1.